The molecule has 0 bridgehead atoms. The van der Waals surface area contributed by atoms with Crippen LogP contribution in [0.5, 0.6) is 0 Å². The van der Waals surface area contributed by atoms with E-state index >= 15 is 0 Å². The Morgan fingerprint density at radius 3 is 2.88 bits per heavy atom. The van der Waals surface area contributed by atoms with E-state index in [0.29, 0.717) is 25.6 Å². The number of rotatable bonds is 7. The molecule has 0 radical (unpaired) electrons. The van der Waals surface area contributed by atoms with E-state index in [1.807, 2.05) is 0 Å². The largest absolute Gasteiger partial charge is 0.383 e. The molecule has 102 valence electrons. The van der Waals surface area contributed by atoms with Gasteiger partial charge in [-0.05, 0) is 32.2 Å². The minimum atomic E-state index is -3.01. The van der Waals surface area contributed by atoms with Crippen molar-refractivity contribution >= 4 is 10.0 Å². The molecule has 1 N–H and O–H groups in total. The first-order valence-electron chi connectivity index (χ1n) is 6.27. The van der Waals surface area contributed by atoms with Gasteiger partial charge in [-0.3, -0.25) is 0 Å². The molecule has 1 saturated heterocycles. The zero-order chi connectivity index (χ0) is 12.7. The maximum absolute atomic E-state index is 11.8. The van der Waals surface area contributed by atoms with E-state index in [2.05, 4.69) is 5.32 Å². The minimum Gasteiger partial charge on any atom is -0.383 e. The maximum atomic E-state index is 11.8. The van der Waals surface area contributed by atoms with E-state index in [1.165, 1.54) is 0 Å². The second kappa shape index (κ2) is 7.31. The molecule has 1 aliphatic heterocycles. The molecule has 0 aromatic heterocycles. The summed E-state index contributed by atoms with van der Waals surface area (Å²) in [6, 6.07) is 0. The van der Waals surface area contributed by atoms with Crippen molar-refractivity contribution in [3.63, 3.8) is 0 Å². The van der Waals surface area contributed by atoms with Gasteiger partial charge in [0.1, 0.15) is 0 Å². The second-order valence-electron chi connectivity index (χ2n) is 4.46. The van der Waals surface area contributed by atoms with Gasteiger partial charge in [-0.25, -0.2) is 12.7 Å². The summed E-state index contributed by atoms with van der Waals surface area (Å²) in [6.45, 7) is 5.45. The van der Waals surface area contributed by atoms with Crippen molar-refractivity contribution in [2.75, 3.05) is 45.6 Å². The van der Waals surface area contributed by atoms with Gasteiger partial charge in [0.15, 0.2) is 0 Å². The highest BCUT2D eigenvalue weighted by atomic mass is 32.2. The summed E-state index contributed by atoms with van der Waals surface area (Å²) in [6.07, 6.45) is 2.07. The van der Waals surface area contributed by atoms with Crippen molar-refractivity contribution in [1.82, 2.24) is 9.62 Å². The van der Waals surface area contributed by atoms with Crippen molar-refractivity contribution in [1.29, 1.82) is 0 Å². The van der Waals surface area contributed by atoms with Crippen LogP contribution >= 0.6 is 0 Å². The van der Waals surface area contributed by atoms with Crippen LogP contribution in [0.15, 0.2) is 0 Å². The predicted molar refractivity (Wildman–Crippen MR) is 68.5 cm³/mol. The Morgan fingerprint density at radius 1 is 1.47 bits per heavy atom. The van der Waals surface area contributed by atoms with Crippen molar-refractivity contribution < 1.29 is 13.2 Å². The lowest BCUT2D eigenvalue weighted by molar-refractivity contribution is 0.193. The number of sulfonamides is 1. The van der Waals surface area contributed by atoms with Crippen molar-refractivity contribution in [3.05, 3.63) is 0 Å². The van der Waals surface area contributed by atoms with Gasteiger partial charge in [-0.15, -0.1) is 0 Å². The summed E-state index contributed by atoms with van der Waals surface area (Å²) >= 11 is 0. The molecule has 6 heteroatoms. The molecule has 1 rings (SSSR count). The van der Waals surface area contributed by atoms with Crippen molar-refractivity contribution in [3.8, 4) is 0 Å². The minimum absolute atomic E-state index is 0.205. The number of methoxy groups -OCH3 is 1. The molecule has 1 unspecified atom stereocenters. The molecular weight excluding hydrogens is 240 g/mol. The SMILES string of the molecule is CCS(=O)(=O)N1CCCC(CNCCOC)C1. The zero-order valence-electron chi connectivity index (χ0n) is 10.8. The van der Waals surface area contributed by atoms with Crippen LogP contribution in [0.4, 0.5) is 0 Å². The number of nitrogens with zero attached hydrogens (tertiary/aromatic N) is 1. The molecule has 17 heavy (non-hydrogen) atoms. The highest BCUT2D eigenvalue weighted by Crippen LogP contribution is 2.18. The van der Waals surface area contributed by atoms with Crippen molar-refractivity contribution in [2.45, 2.75) is 19.8 Å². The molecule has 0 aliphatic carbocycles. The third-order valence-electron chi connectivity index (χ3n) is 3.16. The zero-order valence-corrected chi connectivity index (χ0v) is 11.6. The fourth-order valence-corrected chi connectivity index (χ4v) is 3.32. The summed E-state index contributed by atoms with van der Waals surface area (Å²) in [5.74, 6) is 0.638. The number of piperidine rings is 1. The van der Waals surface area contributed by atoms with Gasteiger partial charge in [0, 0.05) is 26.7 Å². The highest BCUT2D eigenvalue weighted by molar-refractivity contribution is 7.89. The average molecular weight is 264 g/mol. The van der Waals surface area contributed by atoms with Crippen LogP contribution in [0.25, 0.3) is 0 Å². The Hall–Kier alpha value is -0.170. The molecule has 1 fully saturated rings. The summed E-state index contributed by atoms with van der Waals surface area (Å²) < 4.78 is 30.1. The van der Waals surface area contributed by atoms with Gasteiger partial charge in [0.05, 0.1) is 12.4 Å². The summed E-state index contributed by atoms with van der Waals surface area (Å²) in [7, 11) is -1.33. The van der Waals surface area contributed by atoms with Gasteiger partial charge in [0.2, 0.25) is 10.0 Å². The second-order valence-corrected chi connectivity index (χ2v) is 6.72. The molecule has 1 heterocycles. The van der Waals surface area contributed by atoms with Gasteiger partial charge in [-0.2, -0.15) is 0 Å². The van der Waals surface area contributed by atoms with E-state index in [4.69, 9.17) is 4.74 Å². The Kier molecular flexibility index (Phi) is 6.40. The lowest BCUT2D eigenvalue weighted by Crippen LogP contribution is -2.43. The summed E-state index contributed by atoms with van der Waals surface area (Å²) in [4.78, 5) is 0. The van der Waals surface area contributed by atoms with Crippen LogP contribution in [0.2, 0.25) is 0 Å². The standard InChI is InChI=1S/C11H24N2O3S/c1-3-17(14,15)13-7-4-5-11(10-13)9-12-6-8-16-2/h11-12H,3-10H2,1-2H3. The smallest absolute Gasteiger partial charge is 0.213 e. The quantitative estimate of drug-likeness (QED) is 0.671. The topological polar surface area (TPSA) is 58.6 Å². The fourth-order valence-electron chi connectivity index (χ4n) is 2.11. The molecule has 1 aliphatic rings. The lowest BCUT2D eigenvalue weighted by atomic mass is 10.00. The first-order chi connectivity index (χ1) is 8.10. The molecule has 0 saturated carbocycles. The fraction of sp³-hybridized carbons (Fsp3) is 1.00. The van der Waals surface area contributed by atoms with Crippen LogP contribution in [0.1, 0.15) is 19.8 Å². The van der Waals surface area contributed by atoms with Crippen LogP contribution in [0, 0.1) is 5.92 Å². The molecule has 1 atom stereocenters. The molecule has 5 nitrogen and oxygen atoms in total. The molecule has 0 spiro atoms. The van der Waals surface area contributed by atoms with Crippen LogP contribution in [-0.2, 0) is 14.8 Å². The van der Waals surface area contributed by atoms with E-state index in [-0.39, 0.29) is 5.75 Å². The van der Waals surface area contributed by atoms with E-state index < -0.39 is 10.0 Å². The first kappa shape index (κ1) is 14.9. The van der Waals surface area contributed by atoms with Gasteiger partial charge < -0.3 is 10.1 Å². The molecular formula is C11H24N2O3S. The van der Waals surface area contributed by atoms with E-state index in [0.717, 1.165) is 25.9 Å². The maximum Gasteiger partial charge on any atom is 0.213 e. The predicted octanol–water partition coefficient (Wildman–Crippen LogP) is 0.284. The number of nitrogens with one attached hydrogen (secondary N) is 1. The molecule has 0 aromatic rings. The van der Waals surface area contributed by atoms with Crippen molar-refractivity contribution in [2.24, 2.45) is 5.92 Å². The van der Waals surface area contributed by atoms with Gasteiger partial charge in [0.25, 0.3) is 0 Å². The third-order valence-corrected chi connectivity index (χ3v) is 5.00. The number of hydrogen-bond acceptors (Lipinski definition) is 4. The number of ether oxygens (including phenoxy) is 1. The Labute approximate surface area is 105 Å². The third kappa shape index (κ3) is 4.91. The van der Waals surface area contributed by atoms with Gasteiger partial charge >= 0.3 is 0 Å². The van der Waals surface area contributed by atoms with Crippen LogP contribution in [-0.4, -0.2) is 58.4 Å². The Balaban J connectivity index is 2.34. The summed E-state index contributed by atoms with van der Waals surface area (Å²) in [5, 5.41) is 3.30. The molecule has 0 amide bonds. The molecule has 0 aromatic carbocycles. The van der Waals surface area contributed by atoms with Gasteiger partial charge in [-0.1, -0.05) is 0 Å². The average Bonchev–Trinajstić information content (AvgIpc) is 2.35. The number of hydrogen-bond donors (Lipinski definition) is 1. The summed E-state index contributed by atoms with van der Waals surface area (Å²) in [5.41, 5.74) is 0. The first-order valence-corrected chi connectivity index (χ1v) is 7.88. The monoisotopic (exact) mass is 264 g/mol. The van der Waals surface area contributed by atoms with E-state index in [9.17, 15) is 8.42 Å². The Morgan fingerprint density at radius 2 is 2.24 bits per heavy atom. The normalized spacial score (nSPS) is 22.8. The highest BCUT2D eigenvalue weighted by Gasteiger charge is 2.27. The van der Waals surface area contributed by atoms with Crippen LogP contribution in [0.3, 0.4) is 0 Å². The Bertz CT molecular complexity index is 306. The van der Waals surface area contributed by atoms with E-state index in [1.54, 1.807) is 18.3 Å². The lowest BCUT2D eigenvalue weighted by Gasteiger charge is -2.31. The van der Waals surface area contributed by atoms with Crippen LogP contribution < -0.4 is 5.32 Å².